The molecule has 266 valence electrons. The molecule has 2 heterocycles. The molecule has 0 saturated heterocycles. The van der Waals surface area contributed by atoms with Gasteiger partial charge in [-0.2, -0.15) is 0 Å². The van der Waals surface area contributed by atoms with Gasteiger partial charge in [-0.3, -0.25) is 5.41 Å². The highest BCUT2D eigenvalue weighted by molar-refractivity contribution is 6.20. The molecule has 6 aromatic carbocycles. The van der Waals surface area contributed by atoms with Crippen molar-refractivity contribution in [3.05, 3.63) is 193 Å². The molecule has 8 rings (SSSR count). The smallest absolute Gasteiger partial charge is 0.165 e. The number of rotatable bonds is 10. The second kappa shape index (κ2) is 15.9. The first-order valence-electron chi connectivity index (χ1n) is 18.5. The molecular formula is C50H39N3O2. The SMILES string of the molecule is C=C/C=C\c1oc2cccc(-c3ccccc3)c2c1/C=N/C(=N\C(=N)C(/C=C\C=C\c1ccc2ccccc2c1)CC)c1cccc2c1oc1ccccc12. The highest BCUT2D eigenvalue weighted by Gasteiger charge is 2.19. The van der Waals surface area contributed by atoms with Crippen LogP contribution in [0.2, 0.25) is 0 Å². The standard InChI is InChI=1S/C50H39N3O2/c1-3-5-27-45-43(47-39(24-16-29-46(47)54-45)37-20-7-6-8-21-37)33-52-50(42-26-15-25-41-40-23-13-14-28-44(40)55-48(41)42)53-49(51)35(4-2)18-10-9-17-34-30-31-36-19-11-12-22-38(36)32-34/h3,5-33,35,51H,1,4H2,2H3/b17-9+,18-10-,27-5-,51-49?,52-33+,53-50-. The largest absolute Gasteiger partial charge is 0.456 e. The molecule has 0 aliphatic rings. The zero-order chi connectivity index (χ0) is 37.6. The summed E-state index contributed by atoms with van der Waals surface area (Å²) in [5.41, 5.74) is 6.90. The zero-order valence-corrected chi connectivity index (χ0v) is 30.5. The van der Waals surface area contributed by atoms with Gasteiger partial charge in [0.25, 0.3) is 0 Å². The fraction of sp³-hybridized carbons (Fsp3) is 0.0600. The predicted octanol–water partition coefficient (Wildman–Crippen LogP) is 13.5. The Morgan fingerprint density at radius 2 is 1.49 bits per heavy atom. The fourth-order valence-electron chi connectivity index (χ4n) is 6.96. The highest BCUT2D eigenvalue weighted by atomic mass is 16.3. The minimum atomic E-state index is -0.244. The summed E-state index contributed by atoms with van der Waals surface area (Å²) in [6, 6.07) is 45.1. The van der Waals surface area contributed by atoms with Crippen LogP contribution in [0.1, 0.15) is 35.8 Å². The molecule has 0 fully saturated rings. The van der Waals surface area contributed by atoms with Crippen LogP contribution in [-0.2, 0) is 0 Å². The molecule has 0 radical (unpaired) electrons. The molecule has 2 aromatic heterocycles. The highest BCUT2D eigenvalue weighted by Crippen LogP contribution is 2.36. The van der Waals surface area contributed by atoms with Gasteiger partial charge in [0.1, 0.15) is 28.3 Å². The van der Waals surface area contributed by atoms with Crippen LogP contribution in [0.5, 0.6) is 0 Å². The van der Waals surface area contributed by atoms with E-state index >= 15 is 0 Å². The van der Waals surface area contributed by atoms with E-state index in [1.165, 1.54) is 10.8 Å². The van der Waals surface area contributed by atoms with Crippen molar-refractivity contribution in [2.24, 2.45) is 15.9 Å². The number of aliphatic imine (C=N–C) groups is 2. The van der Waals surface area contributed by atoms with Gasteiger partial charge in [0, 0.05) is 33.9 Å². The molecule has 0 aliphatic heterocycles. The number of hydrogen-bond acceptors (Lipinski definition) is 3. The van der Waals surface area contributed by atoms with E-state index in [0.717, 1.165) is 49.6 Å². The Kier molecular flexibility index (Phi) is 10.1. The lowest BCUT2D eigenvalue weighted by Crippen LogP contribution is -2.11. The minimum absolute atomic E-state index is 0.201. The van der Waals surface area contributed by atoms with Crippen molar-refractivity contribution < 1.29 is 8.83 Å². The van der Waals surface area contributed by atoms with Crippen LogP contribution in [0.4, 0.5) is 0 Å². The summed E-state index contributed by atoms with van der Waals surface area (Å²) in [4.78, 5) is 10.1. The number of amidine groups is 2. The van der Waals surface area contributed by atoms with Crippen molar-refractivity contribution in [3.8, 4) is 11.1 Å². The summed E-state index contributed by atoms with van der Waals surface area (Å²) in [5.74, 6) is 0.975. The maximum absolute atomic E-state index is 9.29. The monoisotopic (exact) mass is 713 g/mol. The lowest BCUT2D eigenvalue weighted by Gasteiger charge is -2.10. The van der Waals surface area contributed by atoms with Crippen molar-refractivity contribution in [1.29, 1.82) is 5.41 Å². The molecule has 0 saturated carbocycles. The lowest BCUT2D eigenvalue weighted by molar-refractivity contribution is 0.603. The third-order valence-corrected chi connectivity index (χ3v) is 9.74. The number of nitrogens with zero attached hydrogens (tertiary/aromatic N) is 2. The average Bonchev–Trinajstić information content (AvgIpc) is 3.80. The fourth-order valence-corrected chi connectivity index (χ4v) is 6.96. The Hall–Kier alpha value is -7.11. The van der Waals surface area contributed by atoms with Crippen molar-refractivity contribution in [3.63, 3.8) is 0 Å². The van der Waals surface area contributed by atoms with Gasteiger partial charge >= 0.3 is 0 Å². The Labute approximate surface area is 320 Å². The summed E-state index contributed by atoms with van der Waals surface area (Å²) in [7, 11) is 0. The molecule has 0 aliphatic carbocycles. The molecular weight excluding hydrogens is 675 g/mol. The number of fused-ring (bicyclic) bond motifs is 5. The molecule has 0 amide bonds. The molecule has 5 nitrogen and oxygen atoms in total. The van der Waals surface area contributed by atoms with E-state index in [1.54, 1.807) is 12.3 Å². The van der Waals surface area contributed by atoms with Crippen LogP contribution < -0.4 is 0 Å². The van der Waals surface area contributed by atoms with Gasteiger partial charge in [0.15, 0.2) is 5.84 Å². The number of hydrogen-bond donors (Lipinski definition) is 1. The summed E-state index contributed by atoms with van der Waals surface area (Å²) >= 11 is 0. The van der Waals surface area contributed by atoms with Crippen LogP contribution >= 0.6 is 0 Å². The first-order valence-corrected chi connectivity index (χ1v) is 18.5. The molecule has 5 heteroatoms. The summed E-state index contributed by atoms with van der Waals surface area (Å²) in [6.07, 6.45) is 16.1. The molecule has 1 N–H and O–H groups in total. The quantitative estimate of drug-likeness (QED) is 0.0870. The molecule has 0 bridgehead atoms. The van der Waals surface area contributed by atoms with Gasteiger partial charge in [0.05, 0.1) is 5.56 Å². The van der Waals surface area contributed by atoms with Gasteiger partial charge in [-0.1, -0.05) is 159 Å². The molecule has 8 aromatic rings. The van der Waals surface area contributed by atoms with Crippen molar-refractivity contribution >= 4 is 73.7 Å². The number of nitrogens with one attached hydrogen (secondary N) is 1. The van der Waals surface area contributed by atoms with E-state index in [4.69, 9.17) is 18.8 Å². The Morgan fingerprint density at radius 3 is 2.35 bits per heavy atom. The normalized spacial score (nSPS) is 13.1. The van der Waals surface area contributed by atoms with Crippen molar-refractivity contribution in [2.75, 3.05) is 0 Å². The zero-order valence-electron chi connectivity index (χ0n) is 30.5. The van der Waals surface area contributed by atoms with E-state index in [-0.39, 0.29) is 11.8 Å². The van der Waals surface area contributed by atoms with E-state index in [2.05, 4.69) is 86.3 Å². The Bertz CT molecular complexity index is 2850. The third-order valence-electron chi connectivity index (χ3n) is 9.74. The number of benzene rings is 6. The maximum Gasteiger partial charge on any atom is 0.165 e. The van der Waals surface area contributed by atoms with Gasteiger partial charge in [0.2, 0.25) is 0 Å². The number of furan rings is 2. The van der Waals surface area contributed by atoms with Gasteiger partial charge in [-0.15, -0.1) is 0 Å². The second-order valence-corrected chi connectivity index (χ2v) is 13.2. The Morgan fingerprint density at radius 1 is 0.727 bits per heavy atom. The topological polar surface area (TPSA) is 74.8 Å². The summed E-state index contributed by atoms with van der Waals surface area (Å²) < 4.78 is 12.9. The van der Waals surface area contributed by atoms with E-state index in [0.29, 0.717) is 29.2 Å². The maximum atomic E-state index is 9.29. The number of allylic oxidation sites excluding steroid dienone is 4. The summed E-state index contributed by atoms with van der Waals surface area (Å²) in [6.45, 7) is 5.94. The van der Waals surface area contributed by atoms with Gasteiger partial charge in [-0.25, -0.2) is 9.98 Å². The first-order chi connectivity index (χ1) is 27.1. The predicted molar refractivity (Wildman–Crippen MR) is 232 cm³/mol. The van der Waals surface area contributed by atoms with Crippen molar-refractivity contribution in [2.45, 2.75) is 13.3 Å². The second-order valence-electron chi connectivity index (χ2n) is 13.2. The minimum Gasteiger partial charge on any atom is -0.456 e. The molecule has 55 heavy (non-hydrogen) atoms. The Balaban J connectivity index is 1.21. The lowest BCUT2D eigenvalue weighted by atomic mass is 9.98. The average molecular weight is 714 g/mol. The molecule has 1 unspecified atom stereocenters. The van der Waals surface area contributed by atoms with Crippen LogP contribution in [0.25, 0.3) is 67.0 Å². The van der Waals surface area contributed by atoms with E-state index < -0.39 is 0 Å². The van der Waals surface area contributed by atoms with E-state index in [9.17, 15) is 5.41 Å². The molecule has 0 spiro atoms. The van der Waals surface area contributed by atoms with Crippen molar-refractivity contribution in [1.82, 2.24) is 0 Å². The molecule has 1 atom stereocenters. The first kappa shape index (κ1) is 34.9. The van der Waals surface area contributed by atoms with Gasteiger partial charge < -0.3 is 8.83 Å². The summed E-state index contributed by atoms with van der Waals surface area (Å²) in [5, 5.41) is 14.6. The third kappa shape index (κ3) is 7.28. The number of para-hydroxylation sites is 2. The van der Waals surface area contributed by atoms with Gasteiger partial charge in [-0.05, 0) is 64.2 Å². The van der Waals surface area contributed by atoms with Crippen LogP contribution in [0.15, 0.2) is 189 Å². The van der Waals surface area contributed by atoms with Crippen LogP contribution in [0, 0.1) is 11.3 Å². The van der Waals surface area contributed by atoms with E-state index in [1.807, 2.05) is 97.1 Å². The van der Waals surface area contributed by atoms with Crippen LogP contribution in [-0.4, -0.2) is 17.9 Å². The van der Waals surface area contributed by atoms with Crippen LogP contribution in [0.3, 0.4) is 0 Å².